The summed E-state index contributed by atoms with van der Waals surface area (Å²) >= 11 is 0. The summed E-state index contributed by atoms with van der Waals surface area (Å²) in [4.78, 5) is 5.47. The molecule has 72 heavy (non-hydrogen) atoms. The number of para-hydroxylation sites is 1. The van der Waals surface area contributed by atoms with E-state index in [1.807, 2.05) is 0 Å². The van der Waals surface area contributed by atoms with Gasteiger partial charge in [-0.25, -0.2) is 0 Å². The molecular weight excluding hydrogens is 872 g/mol. The van der Waals surface area contributed by atoms with Gasteiger partial charge in [0.25, 0.3) is 6.71 Å². The van der Waals surface area contributed by atoms with Crippen molar-refractivity contribution in [2.24, 2.45) is 0 Å². The number of rotatable bonds is 2. The van der Waals surface area contributed by atoms with E-state index in [0.717, 1.165) is 17.6 Å². The molecule has 0 unspecified atom stereocenters. The van der Waals surface area contributed by atoms with Crippen molar-refractivity contribution in [2.75, 3.05) is 9.80 Å². The van der Waals surface area contributed by atoms with Crippen LogP contribution in [-0.4, -0.2) is 6.71 Å². The molecule has 3 aliphatic carbocycles. The topological polar surface area (TPSA) is 19.6 Å². The van der Waals surface area contributed by atoms with Crippen LogP contribution in [0.3, 0.4) is 0 Å². The van der Waals surface area contributed by atoms with Gasteiger partial charge in [0, 0.05) is 50.5 Å². The third-order valence-electron chi connectivity index (χ3n) is 19.5. The lowest BCUT2D eigenvalue weighted by atomic mass is 9.32. The maximum absolute atomic E-state index is 6.86. The third-order valence-corrected chi connectivity index (χ3v) is 19.5. The molecule has 7 aromatic rings. The first kappa shape index (κ1) is 47.8. The molecule has 2 aliphatic heterocycles. The van der Waals surface area contributed by atoms with Crippen molar-refractivity contribution < 1.29 is 4.42 Å². The molecule has 1 aromatic heterocycles. The minimum Gasteiger partial charge on any atom is -0.456 e. The maximum Gasteiger partial charge on any atom is 0.252 e. The zero-order valence-corrected chi connectivity index (χ0v) is 47.3. The summed E-state index contributed by atoms with van der Waals surface area (Å²) in [6.45, 7) is 44.2. The van der Waals surface area contributed by atoms with Gasteiger partial charge < -0.3 is 14.2 Å². The Balaban J connectivity index is 1.26. The molecule has 0 spiro atoms. The largest absolute Gasteiger partial charge is 0.456 e. The quantitative estimate of drug-likeness (QED) is 0.161. The molecule has 0 fully saturated rings. The van der Waals surface area contributed by atoms with E-state index < -0.39 is 0 Å². The van der Waals surface area contributed by atoms with Gasteiger partial charge in [0.1, 0.15) is 11.2 Å². The molecule has 0 atom stereocenters. The first-order valence-electron chi connectivity index (χ1n) is 27.7. The van der Waals surface area contributed by atoms with Crippen LogP contribution in [0.4, 0.5) is 34.1 Å². The molecule has 0 N–H and O–H groups in total. The molecule has 0 amide bonds. The van der Waals surface area contributed by atoms with Crippen molar-refractivity contribution in [2.45, 2.75) is 206 Å². The van der Waals surface area contributed by atoms with Crippen LogP contribution in [0.15, 0.2) is 95.4 Å². The summed E-state index contributed by atoms with van der Waals surface area (Å²) in [7, 11) is 0. The van der Waals surface area contributed by atoms with Crippen LogP contribution in [0.1, 0.15) is 208 Å². The van der Waals surface area contributed by atoms with Crippen molar-refractivity contribution in [3.63, 3.8) is 0 Å². The predicted molar refractivity (Wildman–Crippen MR) is 311 cm³/mol. The monoisotopic (exact) mass is 953 g/mol. The van der Waals surface area contributed by atoms with Crippen molar-refractivity contribution >= 4 is 79.2 Å². The Morgan fingerprint density at radius 1 is 0.417 bits per heavy atom. The van der Waals surface area contributed by atoms with Gasteiger partial charge in [0.05, 0.1) is 0 Å². The second kappa shape index (κ2) is 14.8. The average Bonchev–Trinajstić information content (AvgIpc) is 3.67. The lowest BCUT2D eigenvalue weighted by molar-refractivity contribution is 0.332. The van der Waals surface area contributed by atoms with Gasteiger partial charge in [-0.05, 0) is 192 Å². The molecular formula is C68H81BN2O. The number of hydrogen-bond donors (Lipinski definition) is 0. The molecule has 372 valence electrons. The highest BCUT2D eigenvalue weighted by Crippen LogP contribution is 2.55. The lowest BCUT2D eigenvalue weighted by Gasteiger charge is -2.49. The van der Waals surface area contributed by atoms with Gasteiger partial charge in [-0.3, -0.25) is 0 Å². The van der Waals surface area contributed by atoms with E-state index in [-0.39, 0.29) is 50.0 Å². The molecule has 3 heterocycles. The Bertz CT molecular complexity index is 3460. The Morgan fingerprint density at radius 3 is 1.35 bits per heavy atom. The smallest absolute Gasteiger partial charge is 0.252 e. The zero-order chi connectivity index (χ0) is 51.4. The van der Waals surface area contributed by atoms with E-state index in [4.69, 9.17) is 4.42 Å². The highest BCUT2D eigenvalue weighted by atomic mass is 16.3. The minimum absolute atomic E-state index is 0.0207. The number of furan rings is 1. The summed E-state index contributed by atoms with van der Waals surface area (Å²) in [5.41, 5.74) is 25.6. The predicted octanol–water partition coefficient (Wildman–Crippen LogP) is 17.3. The maximum atomic E-state index is 6.86. The van der Waals surface area contributed by atoms with Crippen molar-refractivity contribution in [1.82, 2.24) is 0 Å². The van der Waals surface area contributed by atoms with E-state index in [0.29, 0.717) is 0 Å². The lowest BCUT2D eigenvalue weighted by Crippen LogP contribution is -2.62. The van der Waals surface area contributed by atoms with E-state index >= 15 is 0 Å². The molecule has 6 aromatic carbocycles. The fraction of sp³-hybridized carbons (Fsp3) is 0.471. The number of hydrogen-bond acceptors (Lipinski definition) is 3. The molecule has 0 saturated carbocycles. The molecule has 3 nitrogen and oxygen atoms in total. The van der Waals surface area contributed by atoms with Gasteiger partial charge in [0.15, 0.2) is 0 Å². The number of fused-ring (bicyclic) bond motifs is 10. The zero-order valence-electron chi connectivity index (χ0n) is 47.3. The van der Waals surface area contributed by atoms with Crippen LogP contribution in [0.2, 0.25) is 0 Å². The Morgan fingerprint density at radius 2 is 0.861 bits per heavy atom. The van der Waals surface area contributed by atoms with E-state index in [1.165, 1.54) is 138 Å². The van der Waals surface area contributed by atoms with Crippen molar-refractivity contribution in [1.29, 1.82) is 0 Å². The molecule has 0 saturated heterocycles. The highest BCUT2D eigenvalue weighted by Gasteiger charge is 2.50. The fourth-order valence-corrected chi connectivity index (χ4v) is 14.3. The Kier molecular flexibility index (Phi) is 9.79. The summed E-state index contributed by atoms with van der Waals surface area (Å²) in [5, 5.41) is 2.35. The average molecular weight is 953 g/mol. The first-order valence-corrected chi connectivity index (χ1v) is 27.7. The second-order valence-electron chi connectivity index (χ2n) is 29.4. The Labute approximate surface area is 433 Å². The number of nitrogens with zero attached hydrogens (tertiary/aromatic N) is 2. The summed E-state index contributed by atoms with van der Waals surface area (Å²) < 4.78 is 6.86. The molecule has 4 heteroatoms. The van der Waals surface area contributed by atoms with Crippen LogP contribution in [0.5, 0.6) is 0 Å². The van der Waals surface area contributed by atoms with E-state index in [2.05, 4.69) is 225 Å². The molecule has 12 rings (SSSR count). The first-order chi connectivity index (χ1) is 33.4. The van der Waals surface area contributed by atoms with Gasteiger partial charge in [-0.2, -0.15) is 0 Å². The van der Waals surface area contributed by atoms with Gasteiger partial charge in [-0.15, -0.1) is 0 Å². The van der Waals surface area contributed by atoms with Crippen molar-refractivity contribution in [3.8, 4) is 0 Å². The molecule has 0 bridgehead atoms. The van der Waals surface area contributed by atoms with Crippen LogP contribution in [0.25, 0.3) is 21.9 Å². The van der Waals surface area contributed by atoms with Crippen LogP contribution < -0.4 is 26.2 Å². The van der Waals surface area contributed by atoms with Crippen molar-refractivity contribution in [3.05, 3.63) is 136 Å². The third kappa shape index (κ3) is 6.88. The summed E-state index contributed by atoms with van der Waals surface area (Å²) in [5.74, 6) is 0. The number of benzene rings is 6. The second-order valence-corrected chi connectivity index (χ2v) is 29.4. The number of anilines is 6. The molecule has 0 radical (unpaired) electrons. The van der Waals surface area contributed by atoms with Gasteiger partial charge in [-0.1, -0.05) is 161 Å². The van der Waals surface area contributed by atoms with Crippen LogP contribution >= 0.6 is 0 Å². The standard InChI is InChI=1S/C68H81BN2O/c1-61(2,3)40-31-56-59-57(32-40)71(42-33-44-43-21-19-20-22-58(43)72-60(44)51(35-42)62(4,5)6)55-39-50-48(66(13,14)28-30-68(50,17)18)37-53(55)69(59)52-36-47-49(67(15,16)29-27-65(47,11)12)38-54(52)70(56)41-23-24-45-46(34-41)64(9,10)26-25-63(45,7)8/h19-24,31-39H,25-30H2,1-18H3. The Hall–Kier alpha value is -5.22. The summed E-state index contributed by atoms with van der Waals surface area (Å²) in [6.07, 6.45) is 7.06. The molecule has 5 aliphatic rings. The van der Waals surface area contributed by atoms with E-state index in [9.17, 15) is 0 Å². The van der Waals surface area contributed by atoms with Gasteiger partial charge >= 0.3 is 0 Å². The fourth-order valence-electron chi connectivity index (χ4n) is 14.3. The van der Waals surface area contributed by atoms with E-state index in [1.54, 1.807) is 0 Å². The highest BCUT2D eigenvalue weighted by molar-refractivity contribution is 7.00. The minimum atomic E-state index is -0.179. The summed E-state index contributed by atoms with van der Waals surface area (Å²) in [6, 6.07) is 37.3. The van der Waals surface area contributed by atoms with Gasteiger partial charge in [0.2, 0.25) is 0 Å². The SMILES string of the molecule is CC(C)(C)c1cc2c3c(c1)N(c1cc(C(C)(C)C)c4oc5ccccc5c4c1)c1cc4c(cc1B3c1cc3c(cc1N2c1ccc2c(c1)C(C)(C)CCC2(C)C)C(C)(C)CCC3(C)C)C(C)(C)CCC4(C)C. The van der Waals surface area contributed by atoms with Crippen LogP contribution in [0, 0.1) is 0 Å². The van der Waals surface area contributed by atoms with Crippen LogP contribution in [-0.2, 0) is 43.3 Å². The normalized spacial score (nSPS) is 20.6.